The van der Waals surface area contributed by atoms with E-state index in [9.17, 15) is 4.79 Å². The first-order valence-electron chi connectivity index (χ1n) is 3.48. The Labute approximate surface area is 68.8 Å². The van der Waals surface area contributed by atoms with Gasteiger partial charge < -0.3 is 4.90 Å². The lowest BCUT2D eigenvalue weighted by atomic mass is 10.1. The van der Waals surface area contributed by atoms with Crippen LogP contribution < -0.4 is 0 Å². The molecule has 2 rings (SSSR count). The van der Waals surface area contributed by atoms with Gasteiger partial charge in [0.1, 0.15) is 0 Å². The Kier molecular flexibility index (Phi) is 1.42. The molecule has 1 aliphatic heterocycles. The summed E-state index contributed by atoms with van der Waals surface area (Å²) in [4.78, 5) is 14.2. The SMILES string of the molecule is CN1CCc2sncc2C1=O. The Bertz CT molecular complexity index is 294. The molecular formula is C7H8N2OS. The van der Waals surface area contributed by atoms with Crippen LogP contribution in [0.5, 0.6) is 0 Å². The molecule has 3 nitrogen and oxygen atoms in total. The molecule has 0 aliphatic carbocycles. The Morgan fingerprint density at radius 3 is 3.36 bits per heavy atom. The molecule has 0 unspecified atom stereocenters. The van der Waals surface area contributed by atoms with Crippen LogP contribution in [0.2, 0.25) is 0 Å². The van der Waals surface area contributed by atoms with Crippen LogP contribution in [-0.4, -0.2) is 28.8 Å². The van der Waals surface area contributed by atoms with E-state index >= 15 is 0 Å². The predicted molar refractivity (Wildman–Crippen MR) is 42.8 cm³/mol. The van der Waals surface area contributed by atoms with Gasteiger partial charge in [0.15, 0.2) is 0 Å². The fourth-order valence-corrected chi connectivity index (χ4v) is 1.90. The molecule has 1 aliphatic rings. The number of carbonyl (C=O) groups is 1. The van der Waals surface area contributed by atoms with E-state index in [4.69, 9.17) is 0 Å². The summed E-state index contributed by atoms with van der Waals surface area (Å²) in [5, 5.41) is 0. The van der Waals surface area contributed by atoms with Crippen molar-refractivity contribution in [3.05, 3.63) is 16.6 Å². The third kappa shape index (κ3) is 0.939. The Morgan fingerprint density at radius 2 is 2.55 bits per heavy atom. The van der Waals surface area contributed by atoms with Crippen molar-refractivity contribution in [1.82, 2.24) is 9.27 Å². The molecule has 11 heavy (non-hydrogen) atoms. The van der Waals surface area contributed by atoms with Crippen molar-refractivity contribution in [1.29, 1.82) is 0 Å². The number of carbonyl (C=O) groups excluding carboxylic acids is 1. The summed E-state index contributed by atoms with van der Waals surface area (Å²) in [7, 11) is 1.82. The van der Waals surface area contributed by atoms with Gasteiger partial charge in [-0.3, -0.25) is 4.79 Å². The Balaban J connectivity index is 2.46. The maximum atomic E-state index is 11.4. The highest BCUT2D eigenvalue weighted by atomic mass is 32.1. The van der Waals surface area contributed by atoms with Gasteiger partial charge >= 0.3 is 0 Å². The molecule has 0 saturated heterocycles. The summed E-state index contributed by atoms with van der Waals surface area (Å²) in [5.74, 6) is 0.111. The minimum Gasteiger partial charge on any atom is -0.341 e. The standard InChI is InChI=1S/C7H8N2OS/c1-9-3-2-6-5(7(9)10)4-8-11-6/h4H,2-3H2,1H3. The topological polar surface area (TPSA) is 33.2 Å². The molecule has 0 radical (unpaired) electrons. The van der Waals surface area contributed by atoms with E-state index in [1.807, 2.05) is 7.05 Å². The molecule has 0 fully saturated rings. The molecule has 4 heteroatoms. The van der Waals surface area contributed by atoms with Crippen LogP contribution in [0, 0.1) is 0 Å². The first kappa shape index (κ1) is 6.79. The van der Waals surface area contributed by atoms with Gasteiger partial charge in [0.2, 0.25) is 0 Å². The minimum absolute atomic E-state index is 0.111. The molecule has 0 spiro atoms. The molecule has 58 valence electrons. The molecule has 0 aromatic carbocycles. The summed E-state index contributed by atoms with van der Waals surface area (Å²) in [6, 6.07) is 0. The fraction of sp³-hybridized carbons (Fsp3) is 0.429. The van der Waals surface area contributed by atoms with E-state index in [0.29, 0.717) is 0 Å². The second-order valence-electron chi connectivity index (χ2n) is 2.64. The number of hydrogen-bond acceptors (Lipinski definition) is 3. The predicted octanol–water partition coefficient (Wildman–Crippen LogP) is 0.771. The van der Waals surface area contributed by atoms with Crippen LogP contribution in [0.25, 0.3) is 0 Å². The molecule has 2 heterocycles. The van der Waals surface area contributed by atoms with Crippen LogP contribution in [0.1, 0.15) is 15.2 Å². The monoisotopic (exact) mass is 168 g/mol. The lowest BCUT2D eigenvalue weighted by molar-refractivity contribution is 0.0782. The first-order valence-corrected chi connectivity index (χ1v) is 4.25. The summed E-state index contributed by atoms with van der Waals surface area (Å²) < 4.78 is 3.98. The largest absolute Gasteiger partial charge is 0.341 e. The average Bonchev–Trinajstić information content (AvgIpc) is 2.45. The van der Waals surface area contributed by atoms with Crippen LogP contribution in [0.15, 0.2) is 6.20 Å². The van der Waals surface area contributed by atoms with Gasteiger partial charge in [-0.2, -0.15) is 0 Å². The highest BCUT2D eigenvalue weighted by Crippen LogP contribution is 2.20. The van der Waals surface area contributed by atoms with Crippen molar-refractivity contribution in [3.63, 3.8) is 0 Å². The Morgan fingerprint density at radius 1 is 1.73 bits per heavy atom. The lowest BCUT2D eigenvalue weighted by Gasteiger charge is -2.21. The van der Waals surface area contributed by atoms with Crippen LogP contribution in [0.3, 0.4) is 0 Å². The van der Waals surface area contributed by atoms with Gasteiger partial charge in [-0.25, -0.2) is 4.37 Å². The van der Waals surface area contributed by atoms with E-state index in [1.54, 1.807) is 11.1 Å². The zero-order valence-electron chi connectivity index (χ0n) is 6.20. The van der Waals surface area contributed by atoms with Gasteiger partial charge in [-0.1, -0.05) is 0 Å². The third-order valence-corrected chi connectivity index (χ3v) is 2.75. The van der Waals surface area contributed by atoms with Crippen molar-refractivity contribution in [2.45, 2.75) is 6.42 Å². The van der Waals surface area contributed by atoms with E-state index in [-0.39, 0.29) is 5.91 Å². The maximum Gasteiger partial charge on any atom is 0.256 e. The maximum absolute atomic E-state index is 11.4. The molecule has 1 aromatic rings. The van der Waals surface area contributed by atoms with Crippen LogP contribution >= 0.6 is 11.5 Å². The van der Waals surface area contributed by atoms with Crippen LogP contribution in [-0.2, 0) is 6.42 Å². The fourth-order valence-electron chi connectivity index (χ4n) is 1.20. The molecule has 0 atom stereocenters. The second kappa shape index (κ2) is 2.30. The highest BCUT2D eigenvalue weighted by Gasteiger charge is 2.22. The lowest BCUT2D eigenvalue weighted by Crippen LogP contribution is -2.32. The van der Waals surface area contributed by atoms with Crippen molar-refractivity contribution >= 4 is 17.4 Å². The average molecular weight is 168 g/mol. The van der Waals surface area contributed by atoms with Crippen molar-refractivity contribution in [2.75, 3.05) is 13.6 Å². The number of nitrogens with zero attached hydrogens (tertiary/aromatic N) is 2. The number of amides is 1. The third-order valence-electron chi connectivity index (χ3n) is 1.90. The molecule has 0 saturated carbocycles. The summed E-state index contributed by atoms with van der Waals surface area (Å²) in [6.07, 6.45) is 2.63. The number of likely N-dealkylation sites (N-methyl/N-ethyl adjacent to an activating group) is 1. The quantitative estimate of drug-likeness (QED) is 0.573. The summed E-state index contributed by atoms with van der Waals surface area (Å²) in [5.41, 5.74) is 0.795. The molecule has 1 amide bonds. The number of fused-ring (bicyclic) bond motifs is 1. The van der Waals surface area contributed by atoms with Crippen molar-refractivity contribution in [3.8, 4) is 0 Å². The zero-order chi connectivity index (χ0) is 7.84. The minimum atomic E-state index is 0.111. The first-order chi connectivity index (χ1) is 5.29. The number of hydrogen-bond donors (Lipinski definition) is 0. The van der Waals surface area contributed by atoms with Crippen LogP contribution in [0.4, 0.5) is 0 Å². The number of rotatable bonds is 0. The zero-order valence-corrected chi connectivity index (χ0v) is 7.02. The van der Waals surface area contributed by atoms with Gasteiger partial charge in [-0.05, 0) is 11.5 Å². The van der Waals surface area contributed by atoms with E-state index in [0.717, 1.165) is 23.4 Å². The Hall–Kier alpha value is -0.900. The van der Waals surface area contributed by atoms with Gasteiger partial charge in [0.25, 0.3) is 5.91 Å². The van der Waals surface area contributed by atoms with E-state index in [2.05, 4.69) is 4.37 Å². The molecule has 0 bridgehead atoms. The molecule has 1 aromatic heterocycles. The van der Waals surface area contributed by atoms with E-state index < -0.39 is 0 Å². The van der Waals surface area contributed by atoms with Gasteiger partial charge in [0, 0.05) is 24.9 Å². The molecule has 0 N–H and O–H groups in total. The van der Waals surface area contributed by atoms with Gasteiger partial charge in [0.05, 0.1) is 11.8 Å². The molecular weight excluding hydrogens is 160 g/mol. The van der Waals surface area contributed by atoms with Crippen molar-refractivity contribution < 1.29 is 4.79 Å². The number of aromatic nitrogens is 1. The second-order valence-corrected chi connectivity index (χ2v) is 3.53. The van der Waals surface area contributed by atoms with Crippen molar-refractivity contribution in [2.24, 2.45) is 0 Å². The van der Waals surface area contributed by atoms with Gasteiger partial charge in [-0.15, -0.1) is 0 Å². The summed E-state index contributed by atoms with van der Waals surface area (Å²) >= 11 is 1.43. The summed E-state index contributed by atoms with van der Waals surface area (Å²) in [6.45, 7) is 0.827. The normalized spacial score (nSPS) is 16.8. The van der Waals surface area contributed by atoms with E-state index in [1.165, 1.54) is 11.5 Å². The highest BCUT2D eigenvalue weighted by molar-refractivity contribution is 7.06. The smallest absolute Gasteiger partial charge is 0.256 e.